The molecule has 0 aliphatic rings. The zero-order chi connectivity index (χ0) is 15.0. The minimum Gasteiger partial charge on any atom is -0.385 e. The van der Waals surface area contributed by atoms with Crippen molar-refractivity contribution in [1.29, 1.82) is 0 Å². The fraction of sp³-hybridized carbons (Fsp3) is 0.200. The molecule has 0 aliphatic carbocycles. The lowest BCUT2D eigenvalue weighted by molar-refractivity contribution is 0.150. The third-order valence-corrected chi connectivity index (χ3v) is 3.47. The Kier molecular flexibility index (Phi) is 3.23. The number of fused-ring (bicyclic) bond motifs is 1. The van der Waals surface area contributed by atoms with Crippen molar-refractivity contribution >= 4 is 10.9 Å². The average molecular weight is 285 g/mol. The van der Waals surface area contributed by atoms with Crippen LogP contribution in [0.2, 0.25) is 0 Å². The van der Waals surface area contributed by atoms with Gasteiger partial charge in [-0.25, -0.2) is 4.79 Å². The number of benzene rings is 1. The molecule has 0 bridgehead atoms. The second-order valence-electron chi connectivity index (χ2n) is 5.05. The number of rotatable bonds is 3. The van der Waals surface area contributed by atoms with Crippen LogP contribution in [0.25, 0.3) is 10.9 Å². The summed E-state index contributed by atoms with van der Waals surface area (Å²) >= 11 is 0. The van der Waals surface area contributed by atoms with Gasteiger partial charge in [0.05, 0.1) is 6.54 Å². The lowest BCUT2D eigenvalue weighted by Gasteiger charge is -2.11. The largest absolute Gasteiger partial charge is 0.385 e. The lowest BCUT2D eigenvalue weighted by Crippen LogP contribution is -2.32. The number of aromatic nitrogens is 3. The van der Waals surface area contributed by atoms with Crippen molar-refractivity contribution in [3.05, 3.63) is 68.6 Å². The molecule has 0 saturated heterocycles. The van der Waals surface area contributed by atoms with E-state index < -0.39 is 17.4 Å². The first-order chi connectivity index (χ1) is 10.0. The number of aryl methyl sites for hydroxylation is 1. The van der Waals surface area contributed by atoms with Gasteiger partial charge in [-0.05, 0) is 24.4 Å². The summed E-state index contributed by atoms with van der Waals surface area (Å²) in [6.45, 7) is 1.69. The number of aliphatic hydroxyl groups is 1. The standard InChI is InChI=1S/C15H15N3O3/c1-9-7-18(15(21)17-14(9)20)8-13(19)12-6-10-4-2-3-5-11(10)16-12/h2-7,13,16,19H,8H2,1H3,(H,17,20,21)/t13-/m0/s1. The van der Waals surface area contributed by atoms with Crippen LogP contribution >= 0.6 is 0 Å². The van der Waals surface area contributed by atoms with Gasteiger partial charge in [0.1, 0.15) is 6.10 Å². The molecule has 0 aliphatic heterocycles. The van der Waals surface area contributed by atoms with Crippen LogP contribution in [-0.2, 0) is 6.54 Å². The van der Waals surface area contributed by atoms with Crippen LogP contribution in [0.15, 0.2) is 46.1 Å². The fourth-order valence-electron chi connectivity index (χ4n) is 2.31. The number of hydrogen-bond donors (Lipinski definition) is 3. The minimum atomic E-state index is -0.861. The number of H-pyrrole nitrogens is 2. The molecule has 3 N–H and O–H groups in total. The van der Waals surface area contributed by atoms with Crippen molar-refractivity contribution in [2.24, 2.45) is 0 Å². The second kappa shape index (κ2) is 5.06. The average Bonchev–Trinajstić information content (AvgIpc) is 2.88. The van der Waals surface area contributed by atoms with Gasteiger partial charge in [0.25, 0.3) is 5.56 Å². The van der Waals surface area contributed by atoms with Gasteiger partial charge in [-0.1, -0.05) is 18.2 Å². The van der Waals surface area contributed by atoms with Gasteiger partial charge in [0.2, 0.25) is 0 Å². The van der Waals surface area contributed by atoms with E-state index in [1.807, 2.05) is 30.3 Å². The minimum absolute atomic E-state index is 0.0727. The number of nitrogens with zero attached hydrogens (tertiary/aromatic N) is 1. The first kappa shape index (κ1) is 13.4. The molecule has 2 heterocycles. The normalized spacial score (nSPS) is 12.7. The zero-order valence-corrected chi connectivity index (χ0v) is 11.5. The van der Waals surface area contributed by atoms with Gasteiger partial charge >= 0.3 is 5.69 Å². The molecule has 6 heteroatoms. The Morgan fingerprint density at radius 3 is 2.76 bits per heavy atom. The summed E-state index contributed by atoms with van der Waals surface area (Å²) in [5.74, 6) is 0. The molecule has 0 unspecified atom stereocenters. The maximum Gasteiger partial charge on any atom is 0.328 e. The van der Waals surface area contributed by atoms with Crippen molar-refractivity contribution in [3.8, 4) is 0 Å². The molecular weight excluding hydrogens is 270 g/mol. The highest BCUT2D eigenvalue weighted by molar-refractivity contribution is 5.80. The monoisotopic (exact) mass is 285 g/mol. The number of para-hydroxylation sites is 1. The lowest BCUT2D eigenvalue weighted by atomic mass is 10.2. The van der Waals surface area contributed by atoms with Crippen LogP contribution in [-0.4, -0.2) is 19.6 Å². The third kappa shape index (κ3) is 2.53. The quantitative estimate of drug-likeness (QED) is 0.672. The van der Waals surface area contributed by atoms with Crippen molar-refractivity contribution in [1.82, 2.24) is 14.5 Å². The van der Waals surface area contributed by atoms with Gasteiger partial charge < -0.3 is 10.1 Å². The molecule has 3 aromatic rings. The second-order valence-corrected chi connectivity index (χ2v) is 5.05. The summed E-state index contributed by atoms with van der Waals surface area (Å²) in [7, 11) is 0. The SMILES string of the molecule is Cc1cn(C[C@H](O)c2cc3ccccc3[nH]2)c(=O)[nH]c1=O. The van der Waals surface area contributed by atoms with E-state index in [9.17, 15) is 14.7 Å². The Morgan fingerprint density at radius 1 is 1.24 bits per heavy atom. The number of hydrogen-bond acceptors (Lipinski definition) is 3. The molecule has 0 fully saturated rings. The maximum atomic E-state index is 11.7. The van der Waals surface area contributed by atoms with Gasteiger partial charge in [0, 0.05) is 23.0 Å². The van der Waals surface area contributed by atoms with Crippen molar-refractivity contribution in [2.75, 3.05) is 0 Å². The van der Waals surface area contributed by atoms with Crippen LogP contribution in [0.1, 0.15) is 17.4 Å². The molecule has 6 nitrogen and oxygen atoms in total. The molecule has 2 aromatic heterocycles. The number of aromatic amines is 2. The Labute approximate surface area is 119 Å². The van der Waals surface area contributed by atoms with E-state index in [-0.39, 0.29) is 6.54 Å². The molecule has 21 heavy (non-hydrogen) atoms. The zero-order valence-electron chi connectivity index (χ0n) is 11.5. The highest BCUT2D eigenvalue weighted by atomic mass is 16.3. The van der Waals surface area contributed by atoms with E-state index in [0.29, 0.717) is 11.3 Å². The molecular formula is C15H15N3O3. The van der Waals surface area contributed by atoms with E-state index in [2.05, 4.69) is 9.97 Å². The summed E-state index contributed by atoms with van der Waals surface area (Å²) in [4.78, 5) is 28.4. The maximum absolute atomic E-state index is 11.7. The van der Waals surface area contributed by atoms with Crippen LogP contribution in [0.3, 0.4) is 0 Å². The van der Waals surface area contributed by atoms with E-state index in [4.69, 9.17) is 0 Å². The van der Waals surface area contributed by atoms with Gasteiger partial charge in [0.15, 0.2) is 0 Å². The van der Waals surface area contributed by atoms with Crippen LogP contribution in [0.5, 0.6) is 0 Å². The summed E-state index contributed by atoms with van der Waals surface area (Å²) < 4.78 is 1.30. The topological polar surface area (TPSA) is 90.9 Å². The van der Waals surface area contributed by atoms with Crippen molar-refractivity contribution in [2.45, 2.75) is 19.6 Å². The highest BCUT2D eigenvalue weighted by Crippen LogP contribution is 2.20. The fourth-order valence-corrected chi connectivity index (χ4v) is 2.31. The molecule has 0 amide bonds. The first-order valence-electron chi connectivity index (χ1n) is 6.60. The Hall–Kier alpha value is -2.60. The van der Waals surface area contributed by atoms with E-state index in [1.165, 1.54) is 10.8 Å². The van der Waals surface area contributed by atoms with Crippen LogP contribution in [0.4, 0.5) is 0 Å². The predicted octanol–water partition coefficient (Wildman–Crippen LogP) is 1.06. The van der Waals surface area contributed by atoms with Crippen molar-refractivity contribution < 1.29 is 5.11 Å². The van der Waals surface area contributed by atoms with E-state index >= 15 is 0 Å². The Bertz CT molecular complexity index is 871. The smallest absolute Gasteiger partial charge is 0.328 e. The summed E-state index contributed by atoms with van der Waals surface area (Å²) in [5, 5.41) is 11.3. The summed E-state index contributed by atoms with van der Waals surface area (Å²) in [5.41, 5.74) is 1.05. The van der Waals surface area contributed by atoms with E-state index in [1.54, 1.807) is 6.92 Å². The van der Waals surface area contributed by atoms with Gasteiger partial charge in [-0.3, -0.25) is 14.3 Å². The number of nitrogens with one attached hydrogen (secondary N) is 2. The molecule has 0 spiro atoms. The Balaban J connectivity index is 1.92. The predicted molar refractivity (Wildman–Crippen MR) is 79.3 cm³/mol. The first-order valence-corrected chi connectivity index (χ1v) is 6.60. The molecule has 108 valence electrons. The van der Waals surface area contributed by atoms with Gasteiger partial charge in [-0.15, -0.1) is 0 Å². The summed E-state index contributed by atoms with van der Waals surface area (Å²) in [6, 6.07) is 9.54. The van der Waals surface area contributed by atoms with Crippen LogP contribution in [0, 0.1) is 6.92 Å². The highest BCUT2D eigenvalue weighted by Gasteiger charge is 2.13. The Morgan fingerprint density at radius 2 is 2.00 bits per heavy atom. The molecule has 0 radical (unpaired) electrons. The van der Waals surface area contributed by atoms with Crippen molar-refractivity contribution in [3.63, 3.8) is 0 Å². The molecule has 0 saturated carbocycles. The molecule has 1 aromatic carbocycles. The van der Waals surface area contributed by atoms with Crippen LogP contribution < -0.4 is 11.2 Å². The third-order valence-electron chi connectivity index (χ3n) is 3.47. The summed E-state index contributed by atoms with van der Waals surface area (Å²) in [6.07, 6.45) is 0.591. The molecule has 1 atom stereocenters. The van der Waals surface area contributed by atoms with E-state index in [0.717, 1.165) is 10.9 Å². The number of aliphatic hydroxyl groups excluding tert-OH is 1. The van der Waals surface area contributed by atoms with Gasteiger partial charge in [-0.2, -0.15) is 0 Å². The molecule has 3 rings (SSSR count).